The van der Waals surface area contributed by atoms with Gasteiger partial charge in [0.25, 0.3) is 0 Å². The number of nitrogens with one attached hydrogen (secondary N) is 2. The summed E-state index contributed by atoms with van der Waals surface area (Å²) >= 11 is 0. The lowest BCUT2D eigenvalue weighted by atomic mass is 10.1. The van der Waals surface area contributed by atoms with E-state index in [2.05, 4.69) is 5.32 Å². The standard InChI is InChI=1S/C9H16N2O6/c1-4(3-6(13)11-17)8(14)10-7(5(2)12)9(15)16/h4-5,7,12,17H,3H2,1-2H3,(H,10,14)(H,11,13)(H,15,16)/t4?,5?,7-/m0/s1. The zero-order chi connectivity index (χ0) is 13.6. The second-order valence-corrected chi connectivity index (χ2v) is 3.71. The van der Waals surface area contributed by atoms with Crippen molar-refractivity contribution in [2.45, 2.75) is 32.4 Å². The maximum absolute atomic E-state index is 11.5. The summed E-state index contributed by atoms with van der Waals surface area (Å²) in [5.74, 6) is -3.63. The van der Waals surface area contributed by atoms with E-state index in [1.165, 1.54) is 19.3 Å². The largest absolute Gasteiger partial charge is 0.480 e. The fraction of sp³-hybridized carbons (Fsp3) is 0.667. The normalized spacial score (nSPS) is 15.5. The Bertz CT molecular complexity index is 304. The van der Waals surface area contributed by atoms with E-state index in [1.54, 1.807) is 0 Å². The molecule has 5 N–H and O–H groups in total. The molecule has 2 amide bonds. The van der Waals surface area contributed by atoms with Gasteiger partial charge in [-0.25, -0.2) is 10.3 Å². The van der Waals surface area contributed by atoms with Crippen molar-refractivity contribution < 1.29 is 29.8 Å². The molecule has 98 valence electrons. The van der Waals surface area contributed by atoms with E-state index in [9.17, 15) is 14.4 Å². The van der Waals surface area contributed by atoms with E-state index < -0.39 is 35.8 Å². The molecule has 0 aromatic heterocycles. The van der Waals surface area contributed by atoms with Crippen molar-refractivity contribution in [1.82, 2.24) is 10.8 Å². The maximum Gasteiger partial charge on any atom is 0.328 e. The van der Waals surface area contributed by atoms with Gasteiger partial charge in [0, 0.05) is 12.3 Å². The van der Waals surface area contributed by atoms with Crippen LogP contribution in [0.2, 0.25) is 0 Å². The first-order valence-electron chi connectivity index (χ1n) is 4.93. The first-order chi connectivity index (χ1) is 7.79. The van der Waals surface area contributed by atoms with Gasteiger partial charge < -0.3 is 15.5 Å². The van der Waals surface area contributed by atoms with Crippen LogP contribution in [0.15, 0.2) is 0 Å². The smallest absolute Gasteiger partial charge is 0.328 e. The molecule has 0 bridgehead atoms. The van der Waals surface area contributed by atoms with Gasteiger partial charge in [-0.3, -0.25) is 14.8 Å². The van der Waals surface area contributed by atoms with E-state index in [4.69, 9.17) is 15.4 Å². The predicted molar refractivity (Wildman–Crippen MR) is 55.0 cm³/mol. The molecule has 8 heteroatoms. The molecule has 0 aliphatic rings. The van der Waals surface area contributed by atoms with Crippen molar-refractivity contribution in [3.8, 4) is 0 Å². The van der Waals surface area contributed by atoms with E-state index in [0.29, 0.717) is 0 Å². The Balaban J connectivity index is 4.41. The lowest BCUT2D eigenvalue weighted by molar-refractivity contribution is -0.145. The van der Waals surface area contributed by atoms with Gasteiger partial charge in [0.05, 0.1) is 6.10 Å². The number of rotatable bonds is 6. The van der Waals surface area contributed by atoms with E-state index in [0.717, 1.165) is 0 Å². The van der Waals surface area contributed by atoms with Crippen LogP contribution in [-0.4, -0.2) is 45.3 Å². The average molecular weight is 248 g/mol. The molecule has 0 heterocycles. The van der Waals surface area contributed by atoms with Crippen LogP contribution in [-0.2, 0) is 14.4 Å². The molecule has 0 rings (SSSR count). The highest BCUT2D eigenvalue weighted by Gasteiger charge is 2.27. The van der Waals surface area contributed by atoms with Gasteiger partial charge in [0.2, 0.25) is 11.8 Å². The highest BCUT2D eigenvalue weighted by Crippen LogP contribution is 2.03. The molecule has 0 aliphatic heterocycles. The van der Waals surface area contributed by atoms with E-state index >= 15 is 0 Å². The van der Waals surface area contributed by atoms with Crippen molar-refractivity contribution in [2.24, 2.45) is 5.92 Å². The molecule has 0 spiro atoms. The highest BCUT2D eigenvalue weighted by atomic mass is 16.5. The quantitative estimate of drug-likeness (QED) is 0.286. The molecule has 2 unspecified atom stereocenters. The summed E-state index contributed by atoms with van der Waals surface area (Å²) in [7, 11) is 0. The van der Waals surface area contributed by atoms with Crippen LogP contribution in [0, 0.1) is 5.92 Å². The van der Waals surface area contributed by atoms with Crippen LogP contribution in [0.5, 0.6) is 0 Å². The van der Waals surface area contributed by atoms with Crippen LogP contribution in [0.4, 0.5) is 0 Å². The Labute approximate surface area is 97.6 Å². The number of carboxylic acids is 1. The Kier molecular flexibility index (Phi) is 6.15. The monoisotopic (exact) mass is 248 g/mol. The minimum atomic E-state index is -1.43. The Morgan fingerprint density at radius 2 is 1.76 bits per heavy atom. The van der Waals surface area contributed by atoms with Gasteiger partial charge in [-0.2, -0.15) is 0 Å². The first kappa shape index (κ1) is 15.3. The van der Waals surface area contributed by atoms with Crippen molar-refractivity contribution >= 4 is 17.8 Å². The number of aliphatic carboxylic acids is 1. The van der Waals surface area contributed by atoms with E-state index in [-0.39, 0.29) is 6.42 Å². The number of hydrogen-bond acceptors (Lipinski definition) is 5. The molecule has 0 aliphatic carbocycles. The van der Waals surface area contributed by atoms with Gasteiger partial charge >= 0.3 is 5.97 Å². The van der Waals surface area contributed by atoms with Crippen LogP contribution in [0.3, 0.4) is 0 Å². The summed E-state index contributed by atoms with van der Waals surface area (Å²) in [4.78, 5) is 32.9. The number of hydroxylamine groups is 1. The molecule has 0 aromatic carbocycles. The molecule has 0 saturated heterocycles. The van der Waals surface area contributed by atoms with Gasteiger partial charge in [0.15, 0.2) is 6.04 Å². The van der Waals surface area contributed by atoms with Gasteiger partial charge in [-0.15, -0.1) is 0 Å². The Morgan fingerprint density at radius 3 is 2.12 bits per heavy atom. The summed E-state index contributed by atoms with van der Waals surface area (Å²) in [5, 5.41) is 28.2. The molecular weight excluding hydrogens is 232 g/mol. The van der Waals surface area contributed by atoms with Crippen LogP contribution in [0.25, 0.3) is 0 Å². The Morgan fingerprint density at radius 1 is 1.24 bits per heavy atom. The van der Waals surface area contributed by atoms with Crippen molar-refractivity contribution in [3.05, 3.63) is 0 Å². The first-order valence-corrected chi connectivity index (χ1v) is 4.93. The number of carboxylic acid groups (broad SMARTS) is 1. The molecule has 0 saturated carbocycles. The molecule has 0 aromatic rings. The topological polar surface area (TPSA) is 136 Å². The summed E-state index contributed by atoms with van der Waals surface area (Å²) in [6.07, 6.45) is -1.54. The van der Waals surface area contributed by atoms with Gasteiger partial charge in [-0.1, -0.05) is 6.92 Å². The maximum atomic E-state index is 11.5. The average Bonchev–Trinajstić information content (AvgIpc) is 2.23. The van der Waals surface area contributed by atoms with Crippen molar-refractivity contribution in [3.63, 3.8) is 0 Å². The molecule has 17 heavy (non-hydrogen) atoms. The number of aliphatic hydroxyl groups is 1. The molecule has 8 nitrogen and oxygen atoms in total. The molecule has 0 radical (unpaired) electrons. The second kappa shape index (κ2) is 6.81. The lowest BCUT2D eigenvalue weighted by Crippen LogP contribution is -2.49. The summed E-state index contributed by atoms with van der Waals surface area (Å²) in [5.41, 5.74) is 1.36. The number of carbonyl (C=O) groups excluding carboxylic acids is 2. The SMILES string of the molecule is CC(CC(=O)NO)C(=O)N[C@H](C(=O)O)C(C)O. The van der Waals surface area contributed by atoms with Crippen LogP contribution >= 0.6 is 0 Å². The zero-order valence-corrected chi connectivity index (χ0v) is 9.51. The highest BCUT2D eigenvalue weighted by molar-refractivity contribution is 5.88. The minimum absolute atomic E-state index is 0.283. The molecule has 3 atom stereocenters. The second-order valence-electron chi connectivity index (χ2n) is 3.71. The molecule has 0 fully saturated rings. The summed E-state index contributed by atoms with van der Waals surface area (Å²) < 4.78 is 0. The van der Waals surface area contributed by atoms with Crippen LogP contribution < -0.4 is 10.8 Å². The van der Waals surface area contributed by atoms with Crippen molar-refractivity contribution in [1.29, 1.82) is 0 Å². The van der Waals surface area contributed by atoms with Gasteiger partial charge in [-0.05, 0) is 6.92 Å². The van der Waals surface area contributed by atoms with E-state index in [1.807, 2.05) is 0 Å². The molecular formula is C9H16N2O6. The van der Waals surface area contributed by atoms with Gasteiger partial charge in [0.1, 0.15) is 0 Å². The summed E-state index contributed by atoms with van der Waals surface area (Å²) in [6.45, 7) is 2.62. The predicted octanol–water partition coefficient (Wildman–Crippen LogP) is -1.53. The third-order valence-corrected chi connectivity index (χ3v) is 2.11. The summed E-state index contributed by atoms with van der Waals surface area (Å²) in [6, 6.07) is -1.43. The minimum Gasteiger partial charge on any atom is -0.480 e. The van der Waals surface area contributed by atoms with Crippen molar-refractivity contribution in [2.75, 3.05) is 0 Å². The number of carbonyl (C=O) groups is 3. The number of amides is 2. The fourth-order valence-corrected chi connectivity index (χ4v) is 1.10. The van der Waals surface area contributed by atoms with Crippen LogP contribution in [0.1, 0.15) is 20.3 Å². The Hall–Kier alpha value is -1.67. The zero-order valence-electron chi connectivity index (χ0n) is 9.51. The fourth-order valence-electron chi connectivity index (χ4n) is 1.10. The third kappa shape index (κ3) is 5.27. The number of hydrogen-bond donors (Lipinski definition) is 5. The lowest BCUT2D eigenvalue weighted by Gasteiger charge is -2.19. The number of aliphatic hydroxyl groups excluding tert-OH is 1. The third-order valence-electron chi connectivity index (χ3n) is 2.11.